The first-order valence-electron chi connectivity index (χ1n) is 5.41. The van der Waals surface area contributed by atoms with Gasteiger partial charge in [0.15, 0.2) is 5.78 Å². The molecule has 0 unspecified atom stereocenters. The highest BCUT2D eigenvalue weighted by molar-refractivity contribution is 6.42. The largest absolute Gasteiger partial charge is 0.457 e. The van der Waals surface area contributed by atoms with E-state index in [-0.39, 0.29) is 17.1 Å². The number of carbonyl (C=O) groups is 1. The van der Waals surface area contributed by atoms with Gasteiger partial charge in [0.1, 0.15) is 17.3 Å². The van der Waals surface area contributed by atoms with E-state index >= 15 is 0 Å². The maximum atomic E-state index is 13.1. The molecule has 0 fully saturated rings. The molecule has 19 heavy (non-hydrogen) atoms. The lowest BCUT2D eigenvalue weighted by Gasteiger charge is -2.10. The molecule has 0 saturated heterocycles. The topological polar surface area (TPSA) is 26.3 Å². The molecule has 0 atom stereocenters. The van der Waals surface area contributed by atoms with Crippen LogP contribution in [0.1, 0.15) is 17.3 Å². The summed E-state index contributed by atoms with van der Waals surface area (Å²) in [4.78, 5) is 11.4. The molecular formula is C14H9Cl2FO2. The van der Waals surface area contributed by atoms with Crippen molar-refractivity contribution in [2.45, 2.75) is 6.92 Å². The molecule has 0 radical (unpaired) electrons. The number of hydrogen-bond acceptors (Lipinski definition) is 2. The van der Waals surface area contributed by atoms with E-state index in [0.717, 1.165) is 6.07 Å². The fourth-order valence-corrected chi connectivity index (χ4v) is 1.82. The quantitative estimate of drug-likeness (QED) is 0.735. The van der Waals surface area contributed by atoms with Crippen LogP contribution in [-0.2, 0) is 0 Å². The molecule has 0 aromatic heterocycles. The van der Waals surface area contributed by atoms with Gasteiger partial charge in [0.2, 0.25) is 0 Å². The Bertz CT molecular complexity index is 641. The van der Waals surface area contributed by atoms with Crippen LogP contribution in [0.15, 0.2) is 36.4 Å². The van der Waals surface area contributed by atoms with Gasteiger partial charge in [0, 0.05) is 6.07 Å². The summed E-state index contributed by atoms with van der Waals surface area (Å²) in [6.45, 7) is 1.34. The minimum atomic E-state index is -0.494. The fourth-order valence-electron chi connectivity index (χ4n) is 1.53. The van der Waals surface area contributed by atoms with Crippen LogP contribution < -0.4 is 4.74 Å². The lowest BCUT2D eigenvalue weighted by atomic mass is 10.1. The SMILES string of the molecule is CC(=O)c1cc(F)ccc1Oc1ccc(Cl)c(Cl)c1. The Morgan fingerprint density at radius 3 is 2.47 bits per heavy atom. The number of rotatable bonds is 3. The van der Waals surface area contributed by atoms with E-state index < -0.39 is 5.82 Å². The molecule has 98 valence electrons. The van der Waals surface area contributed by atoms with Gasteiger partial charge in [-0.05, 0) is 37.3 Å². The fraction of sp³-hybridized carbons (Fsp3) is 0.0714. The van der Waals surface area contributed by atoms with Gasteiger partial charge >= 0.3 is 0 Å². The highest BCUT2D eigenvalue weighted by atomic mass is 35.5. The Morgan fingerprint density at radius 1 is 1.11 bits per heavy atom. The summed E-state index contributed by atoms with van der Waals surface area (Å²) in [5, 5.41) is 0.741. The molecule has 0 aliphatic carbocycles. The molecule has 0 aliphatic rings. The number of Topliss-reactive ketones (excluding diaryl/α,β-unsaturated/α-hetero) is 1. The van der Waals surface area contributed by atoms with Crippen LogP contribution in [-0.4, -0.2) is 5.78 Å². The summed E-state index contributed by atoms with van der Waals surface area (Å²) >= 11 is 11.7. The van der Waals surface area contributed by atoms with Crippen molar-refractivity contribution in [3.63, 3.8) is 0 Å². The summed E-state index contributed by atoms with van der Waals surface area (Å²) in [6, 6.07) is 8.47. The first-order valence-corrected chi connectivity index (χ1v) is 6.16. The van der Waals surface area contributed by atoms with Gasteiger partial charge in [-0.2, -0.15) is 0 Å². The van der Waals surface area contributed by atoms with Crippen molar-refractivity contribution in [3.05, 3.63) is 57.8 Å². The zero-order chi connectivity index (χ0) is 14.0. The number of halogens is 3. The molecule has 2 aromatic rings. The van der Waals surface area contributed by atoms with Crippen LogP contribution in [0.2, 0.25) is 10.0 Å². The Labute approximate surface area is 119 Å². The van der Waals surface area contributed by atoms with Gasteiger partial charge in [0.25, 0.3) is 0 Å². The third kappa shape index (κ3) is 3.25. The van der Waals surface area contributed by atoms with Gasteiger partial charge in [-0.15, -0.1) is 0 Å². The molecule has 0 spiro atoms. The van der Waals surface area contributed by atoms with E-state index in [1.54, 1.807) is 12.1 Å². The summed E-state index contributed by atoms with van der Waals surface area (Å²) in [5.41, 5.74) is 0.172. The molecule has 2 aromatic carbocycles. The third-order valence-electron chi connectivity index (χ3n) is 2.44. The van der Waals surface area contributed by atoms with Crippen molar-refractivity contribution in [1.29, 1.82) is 0 Å². The Morgan fingerprint density at radius 2 is 1.84 bits per heavy atom. The van der Waals surface area contributed by atoms with Crippen LogP contribution >= 0.6 is 23.2 Å². The van der Waals surface area contributed by atoms with Crippen LogP contribution in [0.4, 0.5) is 4.39 Å². The molecule has 0 bridgehead atoms. The normalized spacial score (nSPS) is 10.3. The molecule has 0 saturated carbocycles. The van der Waals surface area contributed by atoms with E-state index in [4.69, 9.17) is 27.9 Å². The summed E-state index contributed by atoms with van der Waals surface area (Å²) in [5.74, 6) is -0.0861. The second-order valence-corrected chi connectivity index (χ2v) is 4.69. The minimum absolute atomic E-state index is 0.172. The minimum Gasteiger partial charge on any atom is -0.457 e. The zero-order valence-corrected chi connectivity index (χ0v) is 11.4. The number of ketones is 1. The predicted molar refractivity (Wildman–Crippen MR) is 72.9 cm³/mol. The highest BCUT2D eigenvalue weighted by Gasteiger charge is 2.11. The second-order valence-electron chi connectivity index (χ2n) is 3.87. The van der Waals surface area contributed by atoms with Crippen molar-refractivity contribution in [1.82, 2.24) is 0 Å². The van der Waals surface area contributed by atoms with Crippen LogP contribution in [0, 0.1) is 5.82 Å². The third-order valence-corrected chi connectivity index (χ3v) is 3.18. The van der Waals surface area contributed by atoms with Crippen molar-refractivity contribution >= 4 is 29.0 Å². The first-order chi connectivity index (χ1) is 8.97. The van der Waals surface area contributed by atoms with Crippen molar-refractivity contribution in [2.75, 3.05) is 0 Å². The standard InChI is InChI=1S/C14H9Cl2FO2/c1-8(18)11-6-9(17)2-5-14(11)19-10-3-4-12(15)13(16)7-10/h2-7H,1H3. The zero-order valence-electron chi connectivity index (χ0n) is 9.91. The lowest BCUT2D eigenvalue weighted by Crippen LogP contribution is -1.98. The van der Waals surface area contributed by atoms with E-state index in [9.17, 15) is 9.18 Å². The molecule has 0 N–H and O–H groups in total. The molecular weight excluding hydrogens is 290 g/mol. The second kappa shape index (κ2) is 5.59. The van der Waals surface area contributed by atoms with Crippen molar-refractivity contribution in [2.24, 2.45) is 0 Å². The van der Waals surface area contributed by atoms with Gasteiger partial charge in [-0.1, -0.05) is 23.2 Å². The summed E-state index contributed by atoms with van der Waals surface area (Å²) < 4.78 is 18.6. The molecule has 2 rings (SSSR count). The Balaban J connectivity index is 2.37. The van der Waals surface area contributed by atoms with Crippen LogP contribution in [0.25, 0.3) is 0 Å². The van der Waals surface area contributed by atoms with E-state index in [2.05, 4.69) is 0 Å². The van der Waals surface area contributed by atoms with Crippen LogP contribution in [0.5, 0.6) is 11.5 Å². The van der Waals surface area contributed by atoms with E-state index in [1.807, 2.05) is 0 Å². The predicted octanol–water partition coefficient (Wildman–Crippen LogP) is 5.13. The maximum absolute atomic E-state index is 13.1. The van der Waals surface area contributed by atoms with Crippen LogP contribution in [0.3, 0.4) is 0 Å². The first kappa shape index (κ1) is 13.8. The highest BCUT2D eigenvalue weighted by Crippen LogP contribution is 2.31. The lowest BCUT2D eigenvalue weighted by molar-refractivity contribution is 0.101. The smallest absolute Gasteiger partial charge is 0.163 e. The number of benzene rings is 2. The molecule has 2 nitrogen and oxygen atoms in total. The molecule has 0 aliphatic heterocycles. The van der Waals surface area contributed by atoms with Gasteiger partial charge in [-0.3, -0.25) is 4.79 Å². The van der Waals surface area contributed by atoms with Gasteiger partial charge < -0.3 is 4.74 Å². The number of carbonyl (C=O) groups excluding carboxylic acids is 1. The van der Waals surface area contributed by atoms with Crippen molar-refractivity contribution in [3.8, 4) is 11.5 Å². The molecule has 0 amide bonds. The van der Waals surface area contributed by atoms with Gasteiger partial charge in [-0.25, -0.2) is 4.39 Å². The average molecular weight is 299 g/mol. The molecule has 0 heterocycles. The van der Waals surface area contributed by atoms with Crippen molar-refractivity contribution < 1.29 is 13.9 Å². The van der Waals surface area contributed by atoms with E-state index in [0.29, 0.717) is 15.8 Å². The summed E-state index contributed by atoms with van der Waals surface area (Å²) in [6.07, 6.45) is 0. The number of ether oxygens (including phenoxy) is 1. The number of hydrogen-bond donors (Lipinski definition) is 0. The van der Waals surface area contributed by atoms with E-state index in [1.165, 1.54) is 25.1 Å². The average Bonchev–Trinajstić information content (AvgIpc) is 2.36. The maximum Gasteiger partial charge on any atom is 0.163 e. The Hall–Kier alpha value is -1.58. The summed E-state index contributed by atoms with van der Waals surface area (Å²) in [7, 11) is 0. The van der Waals surface area contributed by atoms with Gasteiger partial charge in [0.05, 0.1) is 15.6 Å². The molecule has 5 heteroatoms. The monoisotopic (exact) mass is 298 g/mol. The Kier molecular flexibility index (Phi) is 4.08.